The van der Waals surface area contributed by atoms with Crippen molar-refractivity contribution in [2.75, 3.05) is 13.1 Å². The van der Waals surface area contributed by atoms with Gasteiger partial charge in [-0.3, -0.25) is 14.5 Å². The predicted octanol–water partition coefficient (Wildman–Crippen LogP) is 2.12. The molecule has 3 rings (SSSR count). The van der Waals surface area contributed by atoms with Crippen LogP contribution in [0.25, 0.3) is 0 Å². The van der Waals surface area contributed by atoms with E-state index in [0.29, 0.717) is 11.7 Å². The van der Waals surface area contributed by atoms with Gasteiger partial charge in [0.25, 0.3) is 5.91 Å². The molecule has 0 saturated carbocycles. The lowest BCUT2D eigenvalue weighted by molar-refractivity contribution is 0.0932. The summed E-state index contributed by atoms with van der Waals surface area (Å²) in [5.41, 5.74) is 1.29. The Morgan fingerprint density at radius 1 is 1.43 bits per heavy atom. The zero-order chi connectivity index (χ0) is 15.4. The maximum atomic E-state index is 12.3. The maximum Gasteiger partial charge on any atom is 0.272 e. The Morgan fingerprint density at radius 2 is 2.30 bits per heavy atom. The quantitative estimate of drug-likeness (QED) is 0.897. The molecule has 2 aromatic heterocycles. The van der Waals surface area contributed by atoms with E-state index in [4.69, 9.17) is 0 Å². The molecular weight excluding hydrogens is 314 g/mol. The molecule has 0 radical (unpaired) electrons. The van der Waals surface area contributed by atoms with Gasteiger partial charge in [0.1, 0.15) is 5.69 Å². The van der Waals surface area contributed by atoms with Gasteiger partial charge in [0.2, 0.25) is 0 Å². The molecule has 0 aliphatic carbocycles. The number of nitrogens with one attached hydrogen (secondary N) is 2. The normalized spacial score (nSPS) is 18.7. The Morgan fingerprint density at radius 3 is 3.00 bits per heavy atom. The predicted molar refractivity (Wildman–Crippen MR) is 90.7 cm³/mol. The maximum absolute atomic E-state index is 12.3. The Kier molecular flexibility index (Phi) is 6.12. The van der Waals surface area contributed by atoms with Crippen molar-refractivity contribution in [3.05, 3.63) is 48.0 Å². The second kappa shape index (κ2) is 8.08. The third kappa shape index (κ3) is 4.30. The molecule has 0 aromatic carbocycles. The van der Waals surface area contributed by atoms with Crippen LogP contribution >= 0.6 is 12.4 Å². The van der Waals surface area contributed by atoms with Gasteiger partial charge >= 0.3 is 0 Å². The first-order valence-electron chi connectivity index (χ1n) is 7.71. The molecule has 1 amide bonds. The van der Waals surface area contributed by atoms with Crippen LogP contribution in [-0.2, 0) is 0 Å². The van der Waals surface area contributed by atoms with Crippen molar-refractivity contribution in [3.63, 3.8) is 0 Å². The van der Waals surface area contributed by atoms with E-state index in [0.717, 1.165) is 31.6 Å². The molecule has 2 aromatic rings. The smallest absolute Gasteiger partial charge is 0.272 e. The van der Waals surface area contributed by atoms with Gasteiger partial charge in [-0.05, 0) is 44.5 Å². The standard InChI is InChI=1S/C16H21N5O.ClH/c1-12(14-6-2-3-9-18-14)19-16(22)15-7-10-21(20-15)13-5-4-8-17-11-13;/h2-3,6-7,9-10,12-13,17H,4-5,8,11H2,1H3,(H,19,22);1H. The molecule has 1 aliphatic heterocycles. The highest BCUT2D eigenvalue weighted by atomic mass is 35.5. The Labute approximate surface area is 142 Å². The van der Waals surface area contributed by atoms with E-state index < -0.39 is 0 Å². The summed E-state index contributed by atoms with van der Waals surface area (Å²) in [5.74, 6) is -0.166. The van der Waals surface area contributed by atoms with E-state index in [1.165, 1.54) is 0 Å². The number of carbonyl (C=O) groups excluding carboxylic acids is 1. The molecule has 7 heteroatoms. The third-order valence-electron chi connectivity index (χ3n) is 3.96. The number of hydrogen-bond acceptors (Lipinski definition) is 4. The van der Waals surface area contributed by atoms with E-state index >= 15 is 0 Å². The topological polar surface area (TPSA) is 71.8 Å². The van der Waals surface area contributed by atoms with E-state index in [-0.39, 0.29) is 24.4 Å². The summed E-state index contributed by atoms with van der Waals surface area (Å²) >= 11 is 0. The van der Waals surface area contributed by atoms with Gasteiger partial charge in [-0.25, -0.2) is 0 Å². The van der Waals surface area contributed by atoms with Crippen molar-refractivity contribution in [2.45, 2.75) is 31.8 Å². The van der Waals surface area contributed by atoms with Gasteiger partial charge in [0.15, 0.2) is 0 Å². The molecule has 2 unspecified atom stereocenters. The summed E-state index contributed by atoms with van der Waals surface area (Å²) in [5, 5.41) is 10.7. The van der Waals surface area contributed by atoms with Gasteiger partial charge in [0.05, 0.1) is 17.8 Å². The lowest BCUT2D eigenvalue weighted by Crippen LogP contribution is -2.32. The van der Waals surface area contributed by atoms with Crippen LogP contribution in [-0.4, -0.2) is 33.8 Å². The summed E-state index contributed by atoms with van der Waals surface area (Å²) in [6.45, 7) is 3.89. The van der Waals surface area contributed by atoms with Crippen molar-refractivity contribution in [1.82, 2.24) is 25.4 Å². The van der Waals surface area contributed by atoms with Crippen LogP contribution in [0, 0.1) is 0 Å². The lowest BCUT2D eigenvalue weighted by Gasteiger charge is -2.22. The summed E-state index contributed by atoms with van der Waals surface area (Å²) in [4.78, 5) is 16.5. The number of amides is 1. The van der Waals surface area contributed by atoms with Crippen LogP contribution in [0.3, 0.4) is 0 Å². The van der Waals surface area contributed by atoms with Crippen molar-refractivity contribution in [2.24, 2.45) is 0 Å². The molecule has 6 nitrogen and oxygen atoms in total. The molecule has 124 valence electrons. The summed E-state index contributed by atoms with van der Waals surface area (Å²) in [6, 6.07) is 7.64. The highest BCUT2D eigenvalue weighted by molar-refractivity contribution is 5.92. The molecule has 0 bridgehead atoms. The third-order valence-corrected chi connectivity index (χ3v) is 3.96. The Hall–Kier alpha value is -1.92. The average Bonchev–Trinajstić information content (AvgIpc) is 3.06. The highest BCUT2D eigenvalue weighted by Crippen LogP contribution is 2.16. The van der Waals surface area contributed by atoms with Crippen LogP contribution < -0.4 is 10.6 Å². The van der Waals surface area contributed by atoms with E-state index in [1.54, 1.807) is 12.3 Å². The van der Waals surface area contributed by atoms with E-state index in [1.807, 2.05) is 36.0 Å². The monoisotopic (exact) mass is 335 g/mol. The fourth-order valence-corrected chi connectivity index (χ4v) is 2.70. The average molecular weight is 336 g/mol. The minimum atomic E-state index is -0.166. The zero-order valence-electron chi connectivity index (χ0n) is 13.1. The molecule has 1 saturated heterocycles. The summed E-state index contributed by atoms with van der Waals surface area (Å²) in [6.07, 6.45) is 5.85. The molecule has 2 atom stereocenters. The number of rotatable bonds is 4. The highest BCUT2D eigenvalue weighted by Gasteiger charge is 2.19. The zero-order valence-corrected chi connectivity index (χ0v) is 13.9. The van der Waals surface area contributed by atoms with Gasteiger partial charge in [-0.1, -0.05) is 6.07 Å². The van der Waals surface area contributed by atoms with Crippen LogP contribution in [0.15, 0.2) is 36.7 Å². The Balaban J connectivity index is 0.00000192. The van der Waals surface area contributed by atoms with Crippen molar-refractivity contribution in [3.8, 4) is 0 Å². The van der Waals surface area contributed by atoms with Gasteiger partial charge < -0.3 is 10.6 Å². The first-order valence-corrected chi connectivity index (χ1v) is 7.71. The molecule has 23 heavy (non-hydrogen) atoms. The lowest BCUT2D eigenvalue weighted by atomic mass is 10.1. The molecule has 0 spiro atoms. The number of piperidine rings is 1. The van der Waals surface area contributed by atoms with E-state index in [2.05, 4.69) is 20.7 Å². The first kappa shape index (κ1) is 17.4. The fraction of sp³-hybridized carbons (Fsp3) is 0.438. The minimum absolute atomic E-state index is 0. The Bertz CT molecular complexity index is 624. The molecule has 3 heterocycles. The SMILES string of the molecule is CC(NC(=O)c1ccn(C2CCCNC2)n1)c1ccccn1.Cl. The van der Waals surface area contributed by atoms with Gasteiger partial charge in [-0.2, -0.15) is 5.10 Å². The van der Waals surface area contributed by atoms with Crippen molar-refractivity contribution >= 4 is 18.3 Å². The first-order chi connectivity index (χ1) is 10.7. The number of hydrogen-bond donors (Lipinski definition) is 2. The number of halogens is 1. The largest absolute Gasteiger partial charge is 0.343 e. The van der Waals surface area contributed by atoms with Crippen LogP contribution in [0.1, 0.15) is 48.0 Å². The van der Waals surface area contributed by atoms with E-state index in [9.17, 15) is 4.79 Å². The van der Waals surface area contributed by atoms with Crippen molar-refractivity contribution in [1.29, 1.82) is 0 Å². The molecule has 1 fully saturated rings. The summed E-state index contributed by atoms with van der Waals surface area (Å²) in [7, 11) is 0. The summed E-state index contributed by atoms with van der Waals surface area (Å²) < 4.78 is 1.90. The second-order valence-electron chi connectivity index (χ2n) is 5.63. The second-order valence-corrected chi connectivity index (χ2v) is 5.63. The number of carbonyl (C=O) groups is 1. The minimum Gasteiger partial charge on any atom is -0.343 e. The van der Waals surface area contributed by atoms with Gasteiger partial charge in [-0.15, -0.1) is 12.4 Å². The fourth-order valence-electron chi connectivity index (χ4n) is 2.70. The molecule has 1 aliphatic rings. The van der Waals surface area contributed by atoms with Gasteiger partial charge in [0, 0.05) is 18.9 Å². The molecule has 2 N–H and O–H groups in total. The number of nitrogens with zero attached hydrogens (tertiary/aromatic N) is 3. The van der Waals surface area contributed by atoms with Crippen molar-refractivity contribution < 1.29 is 4.79 Å². The number of pyridine rings is 1. The molecular formula is C16H22ClN5O. The number of aromatic nitrogens is 3. The van der Waals surface area contributed by atoms with Crippen LogP contribution in [0.2, 0.25) is 0 Å². The van der Waals surface area contributed by atoms with Crippen LogP contribution in [0.5, 0.6) is 0 Å². The van der Waals surface area contributed by atoms with Crippen LogP contribution in [0.4, 0.5) is 0 Å².